The van der Waals surface area contributed by atoms with Crippen molar-refractivity contribution in [3.63, 3.8) is 0 Å². The highest BCUT2D eigenvalue weighted by Crippen LogP contribution is 2.17. The van der Waals surface area contributed by atoms with E-state index in [1.165, 1.54) is 38.5 Å². The summed E-state index contributed by atoms with van der Waals surface area (Å²) in [5, 5.41) is 6.89. The Morgan fingerprint density at radius 3 is 2.50 bits per heavy atom. The zero-order valence-electron chi connectivity index (χ0n) is 12.0. The van der Waals surface area contributed by atoms with Crippen LogP contribution in [0.1, 0.15) is 48.9 Å². The Labute approximate surface area is 121 Å². The molecule has 0 spiro atoms. The van der Waals surface area contributed by atoms with E-state index in [0.29, 0.717) is 11.6 Å². The predicted molar refractivity (Wildman–Crippen MR) is 82.9 cm³/mol. The van der Waals surface area contributed by atoms with Crippen molar-refractivity contribution in [2.75, 3.05) is 18.4 Å². The first-order chi connectivity index (χ1) is 9.77. The third kappa shape index (κ3) is 4.53. The molecular weight excluding hydrogens is 250 g/mol. The van der Waals surface area contributed by atoms with Gasteiger partial charge in [0.25, 0.3) is 5.91 Å². The summed E-state index contributed by atoms with van der Waals surface area (Å²) in [5.74, 6) is -0.384. The van der Waals surface area contributed by atoms with E-state index in [-0.39, 0.29) is 5.91 Å². The summed E-state index contributed by atoms with van der Waals surface area (Å²) in [6.45, 7) is 1.72. The average molecular weight is 275 g/mol. The van der Waals surface area contributed by atoms with Crippen LogP contribution in [0.15, 0.2) is 24.3 Å². The summed E-state index contributed by atoms with van der Waals surface area (Å²) in [6, 6.07) is 8.04. The van der Waals surface area contributed by atoms with Crippen molar-refractivity contribution in [2.24, 2.45) is 5.73 Å². The number of hydrogen-bond donors (Lipinski definition) is 3. The molecule has 0 atom stereocenters. The maximum absolute atomic E-state index is 11.3. The number of primary amides is 1. The molecule has 4 heteroatoms. The Hall–Kier alpha value is -1.55. The summed E-state index contributed by atoms with van der Waals surface area (Å²) in [4.78, 5) is 11.3. The van der Waals surface area contributed by atoms with E-state index in [0.717, 1.165) is 18.8 Å². The van der Waals surface area contributed by atoms with Crippen molar-refractivity contribution in [3.8, 4) is 0 Å². The van der Waals surface area contributed by atoms with E-state index in [4.69, 9.17) is 5.73 Å². The Kier molecular flexibility index (Phi) is 5.87. The van der Waals surface area contributed by atoms with Crippen LogP contribution in [0.5, 0.6) is 0 Å². The number of nitrogens with one attached hydrogen (secondary N) is 2. The van der Waals surface area contributed by atoms with E-state index < -0.39 is 0 Å². The lowest BCUT2D eigenvalue weighted by molar-refractivity contribution is 0.100. The molecule has 1 fully saturated rings. The Morgan fingerprint density at radius 2 is 1.80 bits per heavy atom. The molecule has 0 bridgehead atoms. The van der Waals surface area contributed by atoms with Gasteiger partial charge in [0.15, 0.2) is 0 Å². The van der Waals surface area contributed by atoms with Crippen LogP contribution < -0.4 is 16.4 Å². The van der Waals surface area contributed by atoms with Crippen molar-refractivity contribution < 1.29 is 4.79 Å². The van der Waals surface area contributed by atoms with Crippen molar-refractivity contribution >= 4 is 11.6 Å². The molecule has 0 radical (unpaired) electrons. The number of carbonyl (C=O) groups excluding carboxylic acids is 1. The second-order valence-corrected chi connectivity index (χ2v) is 5.48. The largest absolute Gasteiger partial charge is 0.383 e. The first-order valence-corrected chi connectivity index (χ1v) is 7.63. The van der Waals surface area contributed by atoms with Crippen molar-refractivity contribution in [1.29, 1.82) is 0 Å². The molecule has 1 amide bonds. The van der Waals surface area contributed by atoms with Gasteiger partial charge in [-0.1, -0.05) is 37.8 Å². The summed E-state index contributed by atoms with van der Waals surface area (Å²) in [6.07, 6.45) is 8.02. The molecule has 0 saturated heterocycles. The molecule has 2 rings (SSSR count). The Morgan fingerprint density at radius 1 is 1.10 bits per heavy atom. The normalized spacial score (nSPS) is 16.6. The number of carbonyl (C=O) groups is 1. The molecule has 1 saturated carbocycles. The zero-order valence-corrected chi connectivity index (χ0v) is 12.0. The van der Waals surface area contributed by atoms with Gasteiger partial charge in [-0.15, -0.1) is 0 Å². The second kappa shape index (κ2) is 7.90. The minimum Gasteiger partial charge on any atom is -0.383 e. The number of benzene rings is 1. The highest BCUT2D eigenvalue weighted by Gasteiger charge is 2.11. The summed E-state index contributed by atoms with van der Waals surface area (Å²) < 4.78 is 0. The van der Waals surface area contributed by atoms with Crippen LogP contribution >= 0.6 is 0 Å². The van der Waals surface area contributed by atoms with Crippen molar-refractivity contribution in [2.45, 2.75) is 44.6 Å². The molecule has 0 aromatic heterocycles. The Bertz CT molecular complexity index is 425. The monoisotopic (exact) mass is 275 g/mol. The minimum atomic E-state index is -0.384. The lowest BCUT2D eigenvalue weighted by atomic mass is 10.1. The lowest BCUT2D eigenvalue weighted by Crippen LogP contribution is -2.32. The third-order valence-corrected chi connectivity index (χ3v) is 3.92. The molecule has 0 heterocycles. The summed E-state index contributed by atoms with van der Waals surface area (Å²) in [7, 11) is 0. The quantitative estimate of drug-likeness (QED) is 0.552. The number of amides is 1. The molecular formula is C16H25N3O. The molecule has 0 aliphatic heterocycles. The predicted octanol–water partition coefficient (Wildman–Crippen LogP) is 2.51. The smallest absolute Gasteiger partial charge is 0.250 e. The fraction of sp³-hybridized carbons (Fsp3) is 0.562. The van der Waals surface area contributed by atoms with Gasteiger partial charge in [-0.05, 0) is 25.0 Å². The number of nitrogens with two attached hydrogens (primary N) is 1. The van der Waals surface area contributed by atoms with Crippen LogP contribution in [0.25, 0.3) is 0 Å². The lowest BCUT2D eigenvalue weighted by Gasteiger charge is -2.17. The van der Waals surface area contributed by atoms with Crippen LogP contribution in [-0.2, 0) is 0 Å². The van der Waals surface area contributed by atoms with E-state index in [2.05, 4.69) is 10.6 Å². The number of hydrogen-bond acceptors (Lipinski definition) is 3. The molecule has 110 valence electrons. The van der Waals surface area contributed by atoms with Crippen LogP contribution in [0, 0.1) is 0 Å². The molecule has 1 aliphatic carbocycles. The summed E-state index contributed by atoms with van der Waals surface area (Å²) in [5.41, 5.74) is 6.74. The third-order valence-electron chi connectivity index (χ3n) is 3.92. The van der Waals surface area contributed by atoms with Gasteiger partial charge in [0.1, 0.15) is 0 Å². The van der Waals surface area contributed by atoms with Gasteiger partial charge >= 0.3 is 0 Å². The van der Waals surface area contributed by atoms with Gasteiger partial charge in [-0.2, -0.15) is 0 Å². The fourth-order valence-corrected chi connectivity index (χ4v) is 2.81. The number of para-hydroxylation sites is 1. The van der Waals surface area contributed by atoms with Crippen LogP contribution in [0.2, 0.25) is 0 Å². The Balaban J connectivity index is 1.74. The maximum atomic E-state index is 11.3. The number of rotatable bonds is 6. The number of anilines is 1. The SMILES string of the molecule is NC(=O)c1ccccc1NCCNC1CCCCCC1. The first-order valence-electron chi connectivity index (χ1n) is 7.63. The topological polar surface area (TPSA) is 67.2 Å². The highest BCUT2D eigenvalue weighted by molar-refractivity contribution is 5.98. The second-order valence-electron chi connectivity index (χ2n) is 5.48. The van der Waals surface area contributed by atoms with Gasteiger partial charge in [0, 0.05) is 24.8 Å². The van der Waals surface area contributed by atoms with Gasteiger partial charge in [0.05, 0.1) is 5.56 Å². The van der Waals surface area contributed by atoms with E-state index in [9.17, 15) is 4.79 Å². The zero-order chi connectivity index (χ0) is 14.2. The molecule has 1 aromatic rings. The fourth-order valence-electron chi connectivity index (χ4n) is 2.81. The summed E-state index contributed by atoms with van der Waals surface area (Å²) >= 11 is 0. The molecule has 4 N–H and O–H groups in total. The molecule has 4 nitrogen and oxygen atoms in total. The molecule has 1 aromatic carbocycles. The van der Waals surface area contributed by atoms with Crippen LogP contribution in [0.3, 0.4) is 0 Å². The van der Waals surface area contributed by atoms with Crippen molar-refractivity contribution in [1.82, 2.24) is 5.32 Å². The molecule has 0 unspecified atom stereocenters. The first kappa shape index (κ1) is 14.9. The van der Waals surface area contributed by atoms with Crippen molar-refractivity contribution in [3.05, 3.63) is 29.8 Å². The minimum absolute atomic E-state index is 0.384. The van der Waals surface area contributed by atoms with Gasteiger partial charge in [-0.3, -0.25) is 4.79 Å². The maximum Gasteiger partial charge on any atom is 0.250 e. The van der Waals surface area contributed by atoms with E-state index in [1.807, 2.05) is 18.2 Å². The van der Waals surface area contributed by atoms with Gasteiger partial charge in [0.2, 0.25) is 0 Å². The van der Waals surface area contributed by atoms with Gasteiger partial charge < -0.3 is 16.4 Å². The van der Waals surface area contributed by atoms with E-state index >= 15 is 0 Å². The highest BCUT2D eigenvalue weighted by atomic mass is 16.1. The average Bonchev–Trinajstić information content (AvgIpc) is 2.72. The van der Waals surface area contributed by atoms with Gasteiger partial charge in [-0.25, -0.2) is 0 Å². The van der Waals surface area contributed by atoms with Crippen LogP contribution in [0.4, 0.5) is 5.69 Å². The molecule has 20 heavy (non-hydrogen) atoms. The van der Waals surface area contributed by atoms with E-state index in [1.54, 1.807) is 6.07 Å². The molecule has 1 aliphatic rings. The standard InChI is InChI=1S/C16H25N3O/c17-16(20)14-9-5-6-10-15(14)19-12-11-18-13-7-3-1-2-4-8-13/h5-6,9-10,13,18-19H,1-4,7-8,11-12H2,(H2,17,20). The van der Waals surface area contributed by atoms with Crippen LogP contribution in [-0.4, -0.2) is 25.0 Å².